The molecule has 1 amide bonds. The number of amides is 1. The Morgan fingerprint density at radius 1 is 0.962 bits per heavy atom. The van der Waals surface area contributed by atoms with Crippen LogP contribution in [0.4, 0.5) is 0 Å². The molecular formula is C20H22N2O3S. The van der Waals surface area contributed by atoms with E-state index in [4.69, 9.17) is 0 Å². The quantitative estimate of drug-likeness (QED) is 0.787. The minimum Gasteiger partial charge on any atom is -0.352 e. The summed E-state index contributed by atoms with van der Waals surface area (Å²) in [6, 6.07) is 17.4. The Labute approximate surface area is 154 Å². The molecule has 0 heterocycles. The van der Waals surface area contributed by atoms with Gasteiger partial charge in [-0.2, -0.15) is 0 Å². The van der Waals surface area contributed by atoms with Gasteiger partial charge in [0.2, 0.25) is 15.9 Å². The predicted octanol–water partition coefficient (Wildman–Crippen LogP) is 2.60. The molecule has 5 nitrogen and oxygen atoms in total. The van der Waals surface area contributed by atoms with Crippen molar-refractivity contribution in [2.24, 2.45) is 0 Å². The van der Waals surface area contributed by atoms with Crippen molar-refractivity contribution in [3.05, 3.63) is 76.2 Å². The molecule has 0 bridgehead atoms. The van der Waals surface area contributed by atoms with Gasteiger partial charge < -0.3 is 5.32 Å². The van der Waals surface area contributed by atoms with Gasteiger partial charge in [-0.1, -0.05) is 54.6 Å². The van der Waals surface area contributed by atoms with Crippen molar-refractivity contribution < 1.29 is 13.2 Å². The minimum atomic E-state index is -3.56. The Bertz CT molecular complexity index is 906. The van der Waals surface area contributed by atoms with Crippen molar-refractivity contribution in [2.75, 3.05) is 6.54 Å². The number of benzene rings is 2. The highest BCUT2D eigenvalue weighted by Gasteiger charge is 2.21. The number of hydrogen-bond donors (Lipinski definition) is 2. The summed E-state index contributed by atoms with van der Waals surface area (Å²) in [5.74, 6) is -0.181. The third-order valence-corrected chi connectivity index (χ3v) is 5.93. The maximum Gasteiger partial charge on any atom is 0.236 e. The Kier molecular flexibility index (Phi) is 5.85. The van der Waals surface area contributed by atoms with Crippen molar-refractivity contribution in [1.82, 2.24) is 10.0 Å². The first-order valence-electron chi connectivity index (χ1n) is 8.63. The molecule has 0 aromatic heterocycles. The zero-order valence-electron chi connectivity index (χ0n) is 14.4. The van der Waals surface area contributed by atoms with Crippen LogP contribution in [-0.2, 0) is 27.8 Å². The third kappa shape index (κ3) is 4.80. The highest BCUT2D eigenvalue weighted by Crippen LogP contribution is 2.26. The molecule has 0 saturated heterocycles. The first-order chi connectivity index (χ1) is 12.5. The lowest BCUT2D eigenvalue weighted by Crippen LogP contribution is -2.31. The van der Waals surface area contributed by atoms with Crippen LogP contribution < -0.4 is 10.0 Å². The largest absolute Gasteiger partial charge is 0.352 e. The van der Waals surface area contributed by atoms with E-state index in [9.17, 15) is 13.2 Å². The number of carbonyl (C=O) groups is 1. The summed E-state index contributed by atoms with van der Waals surface area (Å²) in [7, 11) is -3.56. The van der Waals surface area contributed by atoms with Crippen LogP contribution in [0.5, 0.6) is 0 Å². The predicted molar refractivity (Wildman–Crippen MR) is 103 cm³/mol. The Balaban J connectivity index is 1.50. The number of fused-ring (bicyclic) bond motifs is 1. The zero-order valence-corrected chi connectivity index (χ0v) is 15.3. The summed E-state index contributed by atoms with van der Waals surface area (Å²) < 4.78 is 27.4. The molecule has 3 rings (SSSR count). The van der Waals surface area contributed by atoms with E-state index in [0.29, 0.717) is 24.3 Å². The molecule has 26 heavy (non-hydrogen) atoms. The maximum absolute atomic E-state index is 12.4. The second-order valence-electron chi connectivity index (χ2n) is 6.22. The monoisotopic (exact) mass is 370 g/mol. The van der Waals surface area contributed by atoms with E-state index < -0.39 is 10.0 Å². The van der Waals surface area contributed by atoms with Crippen molar-refractivity contribution >= 4 is 22.0 Å². The fourth-order valence-corrected chi connectivity index (χ4v) is 4.10. The number of sulfonamides is 1. The molecule has 0 saturated carbocycles. The summed E-state index contributed by atoms with van der Waals surface area (Å²) >= 11 is 0. The summed E-state index contributed by atoms with van der Waals surface area (Å²) in [6.07, 6.45) is 3.01. The van der Waals surface area contributed by atoms with Crippen LogP contribution in [0.2, 0.25) is 0 Å². The van der Waals surface area contributed by atoms with Crippen LogP contribution >= 0.6 is 0 Å². The lowest BCUT2D eigenvalue weighted by Gasteiger charge is -2.17. The second kappa shape index (κ2) is 8.29. The highest BCUT2D eigenvalue weighted by molar-refractivity contribution is 7.93. The normalized spacial score (nSPS) is 13.6. The zero-order chi connectivity index (χ0) is 18.4. The van der Waals surface area contributed by atoms with E-state index in [1.165, 1.54) is 0 Å². The van der Waals surface area contributed by atoms with Crippen LogP contribution in [0.15, 0.2) is 59.5 Å². The van der Waals surface area contributed by atoms with Crippen LogP contribution in [0.25, 0.3) is 6.08 Å². The molecule has 0 fully saturated rings. The summed E-state index contributed by atoms with van der Waals surface area (Å²) in [6.45, 7) is 0.524. The van der Waals surface area contributed by atoms with Gasteiger partial charge in [0.15, 0.2) is 0 Å². The van der Waals surface area contributed by atoms with Crippen molar-refractivity contribution in [3.8, 4) is 0 Å². The van der Waals surface area contributed by atoms with Gasteiger partial charge in [-0.3, -0.25) is 4.79 Å². The lowest BCUT2D eigenvalue weighted by molar-refractivity contribution is -0.121. The van der Waals surface area contributed by atoms with Gasteiger partial charge >= 0.3 is 0 Å². The average Bonchev–Trinajstić information content (AvgIpc) is 2.66. The molecule has 2 aromatic rings. The van der Waals surface area contributed by atoms with E-state index in [1.807, 2.05) is 54.6 Å². The standard InChI is InChI=1S/C20H22N2O3S/c23-20(21-15-16-6-2-1-3-7-16)12-13-22-26(24,25)19-11-10-17-8-4-5-9-18(17)14-19/h1-9,14,22H,10-13,15H2,(H,21,23). The summed E-state index contributed by atoms with van der Waals surface area (Å²) in [5, 5.41) is 2.79. The van der Waals surface area contributed by atoms with Gasteiger partial charge in [0.05, 0.1) is 4.91 Å². The molecule has 0 atom stereocenters. The first kappa shape index (κ1) is 18.4. The van der Waals surface area contributed by atoms with Gasteiger partial charge in [0.1, 0.15) is 0 Å². The molecule has 136 valence electrons. The van der Waals surface area contributed by atoms with Crippen LogP contribution in [0, 0.1) is 0 Å². The number of nitrogens with one attached hydrogen (secondary N) is 2. The van der Waals surface area contributed by atoms with Crippen LogP contribution in [0.3, 0.4) is 0 Å². The van der Waals surface area contributed by atoms with Crippen molar-refractivity contribution in [2.45, 2.75) is 25.8 Å². The van der Waals surface area contributed by atoms with Crippen molar-refractivity contribution in [3.63, 3.8) is 0 Å². The first-order valence-corrected chi connectivity index (χ1v) is 10.1. The third-order valence-electron chi connectivity index (χ3n) is 4.33. The number of rotatable bonds is 7. The lowest BCUT2D eigenvalue weighted by atomic mass is 9.98. The molecule has 0 spiro atoms. The van der Waals surface area contributed by atoms with Gasteiger partial charge in [-0.05, 0) is 35.6 Å². The van der Waals surface area contributed by atoms with E-state index in [0.717, 1.165) is 16.7 Å². The average molecular weight is 370 g/mol. The highest BCUT2D eigenvalue weighted by atomic mass is 32.2. The topological polar surface area (TPSA) is 75.3 Å². The van der Waals surface area contributed by atoms with E-state index >= 15 is 0 Å². The Morgan fingerprint density at radius 2 is 1.69 bits per heavy atom. The molecule has 1 aliphatic rings. The number of hydrogen-bond acceptors (Lipinski definition) is 3. The van der Waals surface area contributed by atoms with E-state index in [1.54, 1.807) is 6.08 Å². The smallest absolute Gasteiger partial charge is 0.236 e. The molecule has 0 aliphatic heterocycles. The van der Waals surface area contributed by atoms with E-state index in [2.05, 4.69) is 10.0 Å². The fraction of sp³-hybridized carbons (Fsp3) is 0.250. The molecule has 1 aliphatic carbocycles. The van der Waals surface area contributed by atoms with Gasteiger partial charge in [-0.25, -0.2) is 13.1 Å². The second-order valence-corrected chi connectivity index (χ2v) is 8.04. The SMILES string of the molecule is O=C(CCNS(=O)(=O)C1=Cc2ccccc2CC1)NCc1ccccc1. The van der Waals surface area contributed by atoms with E-state index in [-0.39, 0.29) is 18.9 Å². The Morgan fingerprint density at radius 3 is 2.50 bits per heavy atom. The van der Waals surface area contributed by atoms with Gasteiger partial charge in [0, 0.05) is 19.5 Å². The van der Waals surface area contributed by atoms with Gasteiger partial charge in [-0.15, -0.1) is 0 Å². The molecule has 0 radical (unpaired) electrons. The number of aryl methyl sites for hydroxylation is 1. The summed E-state index contributed by atoms with van der Waals surface area (Å²) in [5.41, 5.74) is 3.11. The molecule has 2 N–H and O–H groups in total. The summed E-state index contributed by atoms with van der Waals surface area (Å²) in [4.78, 5) is 12.3. The molecular weight excluding hydrogens is 348 g/mol. The van der Waals surface area contributed by atoms with Crippen LogP contribution in [0.1, 0.15) is 29.5 Å². The van der Waals surface area contributed by atoms with Crippen molar-refractivity contribution in [1.29, 1.82) is 0 Å². The number of allylic oxidation sites excluding steroid dienone is 1. The number of carbonyl (C=O) groups excluding carboxylic acids is 1. The van der Waals surface area contributed by atoms with Gasteiger partial charge in [0.25, 0.3) is 0 Å². The molecule has 2 aromatic carbocycles. The minimum absolute atomic E-state index is 0.0853. The molecule has 0 unspecified atom stereocenters. The maximum atomic E-state index is 12.4. The fourth-order valence-electron chi connectivity index (χ4n) is 2.89. The van der Waals surface area contributed by atoms with Crippen LogP contribution in [-0.4, -0.2) is 20.9 Å². The Hall–Kier alpha value is -2.44. The molecule has 6 heteroatoms.